The summed E-state index contributed by atoms with van der Waals surface area (Å²) in [7, 11) is 0. The van der Waals surface area contributed by atoms with Gasteiger partial charge in [0, 0.05) is 5.69 Å². The van der Waals surface area contributed by atoms with Gasteiger partial charge in [0.15, 0.2) is 0 Å². The quantitative estimate of drug-likeness (QED) is 0.834. The van der Waals surface area contributed by atoms with E-state index in [1.54, 1.807) is 12.1 Å². The van der Waals surface area contributed by atoms with E-state index in [-0.39, 0.29) is 17.1 Å². The highest BCUT2D eigenvalue weighted by Gasteiger charge is 2.51. The van der Waals surface area contributed by atoms with E-state index in [4.69, 9.17) is 0 Å². The van der Waals surface area contributed by atoms with Crippen LogP contribution in [-0.4, -0.2) is 5.91 Å². The molecule has 1 N–H and O–H groups in total. The fourth-order valence-corrected chi connectivity index (χ4v) is 1.99. The molecule has 1 amide bonds. The van der Waals surface area contributed by atoms with Crippen LogP contribution in [0.2, 0.25) is 0 Å². The van der Waals surface area contributed by atoms with Gasteiger partial charge in [-0.1, -0.05) is 13.8 Å². The summed E-state index contributed by atoms with van der Waals surface area (Å²) in [6.45, 7) is 4.13. The van der Waals surface area contributed by atoms with Crippen molar-refractivity contribution in [3.05, 3.63) is 30.1 Å². The first-order valence-electron chi connectivity index (χ1n) is 5.61. The largest absolute Gasteiger partial charge is 0.326 e. The molecular formula is C13H16FNO. The number of nitrogens with one attached hydrogen (secondary N) is 1. The number of carbonyl (C=O) groups is 1. The van der Waals surface area contributed by atoms with Gasteiger partial charge in [-0.15, -0.1) is 0 Å². The molecule has 0 radical (unpaired) electrons. The molecule has 0 aliphatic heterocycles. The number of hydrogen-bond donors (Lipinski definition) is 1. The Bertz CT molecular complexity index is 393. The van der Waals surface area contributed by atoms with Crippen molar-refractivity contribution < 1.29 is 9.18 Å². The summed E-state index contributed by atoms with van der Waals surface area (Å²) in [4.78, 5) is 12.0. The second kappa shape index (κ2) is 3.89. The molecule has 0 bridgehead atoms. The van der Waals surface area contributed by atoms with Gasteiger partial charge in [-0.25, -0.2) is 4.39 Å². The van der Waals surface area contributed by atoms with Crippen LogP contribution in [0.15, 0.2) is 24.3 Å². The van der Waals surface area contributed by atoms with E-state index in [0.29, 0.717) is 11.6 Å². The number of rotatable bonds is 3. The van der Waals surface area contributed by atoms with E-state index in [9.17, 15) is 9.18 Å². The monoisotopic (exact) mass is 221 g/mol. The predicted octanol–water partition coefficient (Wildman–Crippen LogP) is 3.20. The second-order valence-electron chi connectivity index (χ2n) is 4.77. The Hall–Kier alpha value is -1.38. The summed E-state index contributed by atoms with van der Waals surface area (Å²) in [6.07, 6.45) is 1.91. The third-order valence-electron chi connectivity index (χ3n) is 3.45. The van der Waals surface area contributed by atoms with Crippen molar-refractivity contribution in [3.8, 4) is 0 Å². The first kappa shape index (κ1) is 11.1. The average Bonchev–Trinajstić information content (AvgIpc) is 3.02. The van der Waals surface area contributed by atoms with Crippen LogP contribution in [0.3, 0.4) is 0 Å². The van der Waals surface area contributed by atoms with Crippen molar-refractivity contribution in [3.63, 3.8) is 0 Å². The van der Waals surface area contributed by atoms with Gasteiger partial charge in [-0.2, -0.15) is 0 Å². The number of carbonyl (C=O) groups excluding carboxylic acids is 1. The van der Waals surface area contributed by atoms with Crippen molar-refractivity contribution in [1.82, 2.24) is 0 Å². The molecule has 1 aromatic carbocycles. The van der Waals surface area contributed by atoms with E-state index in [1.807, 2.05) is 0 Å². The summed E-state index contributed by atoms with van der Waals surface area (Å²) in [5, 5.41) is 2.85. The van der Waals surface area contributed by atoms with Gasteiger partial charge in [0.2, 0.25) is 5.91 Å². The van der Waals surface area contributed by atoms with Crippen molar-refractivity contribution in [2.45, 2.75) is 26.7 Å². The Morgan fingerprint density at radius 1 is 1.31 bits per heavy atom. The van der Waals surface area contributed by atoms with E-state index in [2.05, 4.69) is 19.2 Å². The van der Waals surface area contributed by atoms with Gasteiger partial charge in [-0.05, 0) is 43.0 Å². The van der Waals surface area contributed by atoms with E-state index >= 15 is 0 Å². The number of anilines is 1. The summed E-state index contributed by atoms with van der Waals surface area (Å²) in [6, 6.07) is 5.88. The van der Waals surface area contributed by atoms with Gasteiger partial charge in [-0.3, -0.25) is 4.79 Å². The van der Waals surface area contributed by atoms with Crippen molar-refractivity contribution in [2.24, 2.45) is 11.3 Å². The summed E-state index contributed by atoms with van der Waals surface area (Å²) < 4.78 is 12.7. The van der Waals surface area contributed by atoms with Crippen LogP contribution in [0.1, 0.15) is 26.7 Å². The molecule has 1 fully saturated rings. The zero-order chi connectivity index (χ0) is 11.8. The molecule has 0 heterocycles. The third-order valence-corrected chi connectivity index (χ3v) is 3.45. The van der Waals surface area contributed by atoms with E-state index < -0.39 is 0 Å². The van der Waals surface area contributed by atoms with Crippen LogP contribution in [-0.2, 0) is 4.79 Å². The van der Waals surface area contributed by atoms with Gasteiger partial charge >= 0.3 is 0 Å². The molecule has 3 heteroatoms. The summed E-state index contributed by atoms with van der Waals surface area (Å²) in [5.74, 6) is 0.130. The standard InChI is InChI=1S/C13H16FNO/c1-9(2)13(7-8-13)12(16)15-11-5-3-10(14)4-6-11/h3-6,9H,7-8H2,1-2H3,(H,15,16). The molecule has 16 heavy (non-hydrogen) atoms. The lowest BCUT2D eigenvalue weighted by atomic mass is 9.91. The van der Waals surface area contributed by atoms with Crippen LogP contribution in [0, 0.1) is 17.2 Å². The lowest BCUT2D eigenvalue weighted by Crippen LogP contribution is -2.28. The fraction of sp³-hybridized carbons (Fsp3) is 0.462. The average molecular weight is 221 g/mol. The second-order valence-corrected chi connectivity index (χ2v) is 4.77. The third kappa shape index (κ3) is 1.94. The first-order chi connectivity index (χ1) is 7.54. The molecule has 86 valence electrons. The molecule has 0 atom stereocenters. The zero-order valence-electron chi connectivity index (χ0n) is 9.59. The minimum atomic E-state index is -0.289. The van der Waals surface area contributed by atoms with Crippen molar-refractivity contribution >= 4 is 11.6 Å². The lowest BCUT2D eigenvalue weighted by Gasteiger charge is -2.18. The molecule has 1 saturated carbocycles. The maximum Gasteiger partial charge on any atom is 0.230 e. The van der Waals surface area contributed by atoms with Gasteiger partial charge in [0.05, 0.1) is 5.41 Å². The predicted molar refractivity (Wildman–Crippen MR) is 61.5 cm³/mol. The molecule has 1 aliphatic carbocycles. The SMILES string of the molecule is CC(C)C1(C(=O)Nc2ccc(F)cc2)CC1. The van der Waals surface area contributed by atoms with E-state index in [0.717, 1.165) is 12.8 Å². The highest BCUT2D eigenvalue weighted by Crippen LogP contribution is 2.52. The summed E-state index contributed by atoms with van der Waals surface area (Å²) in [5.41, 5.74) is 0.479. The number of hydrogen-bond acceptors (Lipinski definition) is 1. The van der Waals surface area contributed by atoms with E-state index in [1.165, 1.54) is 12.1 Å². The zero-order valence-corrected chi connectivity index (χ0v) is 9.59. The molecule has 0 saturated heterocycles. The Balaban J connectivity index is 2.06. The number of amides is 1. The molecule has 0 aromatic heterocycles. The normalized spacial score (nSPS) is 17.2. The van der Waals surface area contributed by atoms with Crippen molar-refractivity contribution in [2.75, 3.05) is 5.32 Å². The van der Waals surface area contributed by atoms with Crippen LogP contribution in [0.5, 0.6) is 0 Å². The number of benzene rings is 1. The Morgan fingerprint density at radius 2 is 1.88 bits per heavy atom. The molecule has 0 spiro atoms. The molecule has 0 unspecified atom stereocenters. The van der Waals surface area contributed by atoms with Gasteiger partial charge < -0.3 is 5.32 Å². The highest BCUT2D eigenvalue weighted by atomic mass is 19.1. The molecule has 1 aliphatic rings. The summed E-state index contributed by atoms with van der Waals surface area (Å²) >= 11 is 0. The van der Waals surface area contributed by atoms with Crippen molar-refractivity contribution in [1.29, 1.82) is 0 Å². The maximum absolute atomic E-state index is 12.7. The molecule has 2 rings (SSSR count). The van der Waals surface area contributed by atoms with Crippen LogP contribution >= 0.6 is 0 Å². The first-order valence-corrected chi connectivity index (χ1v) is 5.61. The molecule has 2 nitrogen and oxygen atoms in total. The van der Waals surface area contributed by atoms with Gasteiger partial charge in [0.1, 0.15) is 5.82 Å². The minimum absolute atomic E-state index is 0.0640. The molecule has 1 aromatic rings. The molecular weight excluding hydrogens is 205 g/mol. The smallest absolute Gasteiger partial charge is 0.230 e. The van der Waals surface area contributed by atoms with Gasteiger partial charge in [0.25, 0.3) is 0 Å². The Labute approximate surface area is 94.9 Å². The van der Waals surface area contributed by atoms with Crippen LogP contribution < -0.4 is 5.32 Å². The fourth-order valence-electron chi connectivity index (χ4n) is 1.99. The van der Waals surface area contributed by atoms with Crippen LogP contribution in [0.25, 0.3) is 0 Å². The topological polar surface area (TPSA) is 29.1 Å². The Morgan fingerprint density at radius 3 is 2.31 bits per heavy atom. The lowest BCUT2D eigenvalue weighted by molar-refractivity contribution is -0.122. The minimum Gasteiger partial charge on any atom is -0.326 e. The highest BCUT2D eigenvalue weighted by molar-refractivity contribution is 5.97. The van der Waals surface area contributed by atoms with Crippen LogP contribution in [0.4, 0.5) is 10.1 Å². The Kier molecular flexibility index (Phi) is 2.70. The maximum atomic E-state index is 12.7. The number of halogens is 1.